The van der Waals surface area contributed by atoms with Crippen molar-refractivity contribution in [3.05, 3.63) is 47.8 Å². The summed E-state index contributed by atoms with van der Waals surface area (Å²) in [5, 5.41) is 13.6. The third-order valence-corrected chi connectivity index (χ3v) is 9.58. The molecule has 1 aliphatic heterocycles. The number of hydrogen-bond acceptors (Lipinski definition) is 2. The molecule has 4 aliphatic rings. The molecule has 1 heterocycles. The smallest absolute Gasteiger partial charge is 0.314 e. The van der Waals surface area contributed by atoms with Crippen LogP contribution in [0, 0.1) is 34.4 Å². The maximum absolute atomic E-state index is 14.9. The quantitative estimate of drug-likeness (QED) is 0.756. The molecule has 3 aliphatic carbocycles. The molecule has 5 rings (SSSR count). The first-order chi connectivity index (χ1) is 14.2. The summed E-state index contributed by atoms with van der Waals surface area (Å²) in [4.78, 5) is 24.7. The molecule has 5 heteroatoms. The van der Waals surface area contributed by atoms with E-state index in [0.717, 1.165) is 32.1 Å². The third kappa shape index (κ3) is 2.32. The molecule has 4 nitrogen and oxygen atoms in total. The fourth-order valence-electron chi connectivity index (χ4n) is 8.09. The minimum absolute atomic E-state index is 0.0121. The first-order valence-corrected chi connectivity index (χ1v) is 11.2. The van der Waals surface area contributed by atoms with Gasteiger partial charge in [0, 0.05) is 17.0 Å². The van der Waals surface area contributed by atoms with Crippen LogP contribution < -0.4 is 5.32 Å². The molecule has 160 valence electrons. The van der Waals surface area contributed by atoms with Gasteiger partial charge in [0.2, 0.25) is 5.91 Å². The Labute approximate surface area is 176 Å². The molecule has 30 heavy (non-hydrogen) atoms. The van der Waals surface area contributed by atoms with Crippen molar-refractivity contribution in [2.75, 3.05) is 0 Å². The van der Waals surface area contributed by atoms with Crippen LogP contribution >= 0.6 is 0 Å². The second kappa shape index (κ2) is 6.41. The van der Waals surface area contributed by atoms with E-state index in [0.29, 0.717) is 23.8 Å². The van der Waals surface area contributed by atoms with Crippen LogP contribution in [0.1, 0.15) is 57.9 Å². The Hall–Kier alpha value is -2.17. The fraction of sp³-hybridized carbons (Fsp3) is 0.600. The van der Waals surface area contributed by atoms with Gasteiger partial charge in [-0.15, -0.1) is 0 Å². The van der Waals surface area contributed by atoms with Gasteiger partial charge in [-0.05, 0) is 73.8 Å². The number of fused-ring (bicyclic) bond motifs is 5. The van der Waals surface area contributed by atoms with E-state index in [1.807, 2.05) is 0 Å². The largest absolute Gasteiger partial charge is 0.481 e. The minimum atomic E-state index is -1.18. The molecular weight excluding hydrogens is 381 g/mol. The first-order valence-electron chi connectivity index (χ1n) is 11.2. The van der Waals surface area contributed by atoms with Crippen LogP contribution in [-0.4, -0.2) is 23.0 Å². The Morgan fingerprint density at radius 3 is 2.57 bits per heavy atom. The maximum atomic E-state index is 14.9. The van der Waals surface area contributed by atoms with E-state index in [4.69, 9.17) is 0 Å². The number of aliphatic carboxylic acids is 1. The van der Waals surface area contributed by atoms with Gasteiger partial charge in [0.05, 0.1) is 0 Å². The fourth-order valence-corrected chi connectivity index (χ4v) is 8.09. The van der Waals surface area contributed by atoms with Crippen LogP contribution in [0.25, 0.3) is 0 Å². The molecule has 0 spiro atoms. The Morgan fingerprint density at radius 2 is 1.83 bits per heavy atom. The van der Waals surface area contributed by atoms with Gasteiger partial charge in [-0.25, -0.2) is 4.39 Å². The van der Waals surface area contributed by atoms with Gasteiger partial charge < -0.3 is 10.4 Å². The highest BCUT2D eigenvalue weighted by Crippen LogP contribution is 2.69. The lowest BCUT2D eigenvalue weighted by Gasteiger charge is -2.60. The number of amides is 1. The molecule has 0 aromatic heterocycles. The zero-order valence-electron chi connectivity index (χ0n) is 17.7. The van der Waals surface area contributed by atoms with Crippen molar-refractivity contribution in [3.8, 4) is 0 Å². The number of hydrogen-bond donors (Lipinski definition) is 2. The van der Waals surface area contributed by atoms with Gasteiger partial charge in [-0.2, -0.15) is 0 Å². The summed E-state index contributed by atoms with van der Waals surface area (Å²) in [6.45, 7) is 4.36. The molecule has 0 saturated heterocycles. The normalized spacial score (nSPS) is 44.6. The van der Waals surface area contributed by atoms with Crippen LogP contribution in [-0.2, 0) is 15.0 Å². The van der Waals surface area contributed by atoms with E-state index >= 15 is 0 Å². The molecule has 1 amide bonds. The number of rotatable bonds is 2. The SMILES string of the molecule is C[C@]12C=CC(=O)NC1CC[C@@H]1[C@H]2CC[C@@]2(C)[C@H]1CCC2(C(=O)O)c1ccccc1F. The highest BCUT2D eigenvalue weighted by atomic mass is 19.1. The monoisotopic (exact) mass is 411 g/mol. The standard InChI is InChI=1S/C25H30FNO3/c1-23-12-11-21(28)27-20(23)8-7-15-16(23)9-13-24(2)17(15)10-14-25(24,22(29)30)18-5-3-4-6-19(18)26/h3-6,11-12,15-17,20H,7-10,13-14H2,1-2H3,(H,27,28)(H,29,30)/t15-,16-,17+,20?,23-,24+,25?/m1/s1. The number of carboxylic acid groups (broad SMARTS) is 1. The van der Waals surface area contributed by atoms with E-state index in [1.54, 1.807) is 24.3 Å². The number of carbonyl (C=O) groups is 2. The zero-order chi connectivity index (χ0) is 21.3. The molecule has 3 saturated carbocycles. The second-order valence-corrected chi connectivity index (χ2v) is 10.4. The molecule has 2 unspecified atom stereocenters. The summed E-state index contributed by atoms with van der Waals surface area (Å²) in [5.41, 5.74) is -1.40. The van der Waals surface area contributed by atoms with E-state index < -0.39 is 22.6 Å². The van der Waals surface area contributed by atoms with Gasteiger partial charge in [0.25, 0.3) is 0 Å². The number of halogens is 1. The van der Waals surface area contributed by atoms with Crippen molar-refractivity contribution in [1.82, 2.24) is 5.32 Å². The summed E-state index contributed by atoms with van der Waals surface area (Å²) in [6, 6.07) is 6.61. The van der Waals surface area contributed by atoms with Crippen molar-refractivity contribution in [1.29, 1.82) is 0 Å². The highest BCUT2D eigenvalue weighted by molar-refractivity contribution is 5.89. The summed E-state index contributed by atoms with van der Waals surface area (Å²) in [6.07, 6.45) is 8.66. The zero-order valence-corrected chi connectivity index (χ0v) is 17.7. The number of carbonyl (C=O) groups excluding carboxylic acids is 1. The highest BCUT2D eigenvalue weighted by Gasteiger charge is 2.68. The summed E-state index contributed by atoms with van der Waals surface area (Å²) in [5.74, 6) is -0.245. The van der Waals surface area contributed by atoms with Crippen LogP contribution in [0.2, 0.25) is 0 Å². The number of nitrogens with one attached hydrogen (secondary N) is 1. The predicted octanol–water partition coefficient (Wildman–Crippen LogP) is 4.45. The summed E-state index contributed by atoms with van der Waals surface area (Å²) in [7, 11) is 0. The van der Waals surface area contributed by atoms with Gasteiger partial charge >= 0.3 is 5.97 Å². The van der Waals surface area contributed by atoms with Gasteiger partial charge in [0.1, 0.15) is 11.2 Å². The molecule has 1 aromatic rings. The molecule has 0 bridgehead atoms. The Bertz CT molecular complexity index is 944. The van der Waals surface area contributed by atoms with E-state index in [2.05, 4.69) is 25.2 Å². The predicted molar refractivity (Wildman–Crippen MR) is 111 cm³/mol. The average molecular weight is 412 g/mol. The van der Waals surface area contributed by atoms with Crippen molar-refractivity contribution in [2.24, 2.45) is 28.6 Å². The van der Waals surface area contributed by atoms with Crippen molar-refractivity contribution in [2.45, 2.75) is 63.8 Å². The topological polar surface area (TPSA) is 66.4 Å². The van der Waals surface area contributed by atoms with E-state index in [-0.39, 0.29) is 23.3 Å². The number of carboxylic acids is 1. The second-order valence-electron chi connectivity index (χ2n) is 10.4. The van der Waals surface area contributed by atoms with Crippen LogP contribution in [0.5, 0.6) is 0 Å². The van der Waals surface area contributed by atoms with Crippen LogP contribution in [0.15, 0.2) is 36.4 Å². The van der Waals surface area contributed by atoms with Crippen LogP contribution in [0.4, 0.5) is 4.39 Å². The summed E-state index contributed by atoms with van der Waals surface area (Å²) < 4.78 is 14.9. The van der Waals surface area contributed by atoms with Gasteiger partial charge in [0.15, 0.2) is 0 Å². The van der Waals surface area contributed by atoms with Crippen molar-refractivity contribution < 1.29 is 19.1 Å². The minimum Gasteiger partial charge on any atom is -0.481 e. The lowest BCUT2D eigenvalue weighted by molar-refractivity contribution is -0.154. The van der Waals surface area contributed by atoms with Gasteiger partial charge in [-0.1, -0.05) is 38.1 Å². The average Bonchev–Trinajstić information content (AvgIpc) is 3.03. The Balaban J connectivity index is 1.57. The third-order valence-electron chi connectivity index (χ3n) is 9.58. The summed E-state index contributed by atoms with van der Waals surface area (Å²) >= 11 is 0. The molecule has 2 N–H and O–H groups in total. The molecule has 7 atom stereocenters. The Morgan fingerprint density at radius 1 is 1.10 bits per heavy atom. The van der Waals surface area contributed by atoms with E-state index in [1.165, 1.54) is 6.07 Å². The van der Waals surface area contributed by atoms with Crippen LogP contribution in [0.3, 0.4) is 0 Å². The molecular formula is C25H30FNO3. The lowest BCUT2D eigenvalue weighted by Crippen LogP contribution is -2.61. The molecule has 3 fully saturated rings. The maximum Gasteiger partial charge on any atom is 0.314 e. The Kier molecular flexibility index (Phi) is 4.23. The first kappa shape index (κ1) is 19.8. The van der Waals surface area contributed by atoms with Gasteiger partial charge in [-0.3, -0.25) is 9.59 Å². The van der Waals surface area contributed by atoms with E-state index in [9.17, 15) is 19.1 Å². The molecule has 1 aromatic carbocycles. The van der Waals surface area contributed by atoms with Crippen molar-refractivity contribution in [3.63, 3.8) is 0 Å². The molecule has 0 radical (unpaired) electrons. The lowest BCUT2D eigenvalue weighted by atomic mass is 9.45. The number of benzene rings is 1. The van der Waals surface area contributed by atoms with Crippen molar-refractivity contribution >= 4 is 11.9 Å².